The molecule has 18 heavy (non-hydrogen) atoms. The zero-order chi connectivity index (χ0) is 12.8. The van der Waals surface area contributed by atoms with Crippen molar-refractivity contribution in [3.05, 3.63) is 35.3 Å². The van der Waals surface area contributed by atoms with Gasteiger partial charge in [-0.3, -0.25) is 0 Å². The van der Waals surface area contributed by atoms with Crippen LogP contribution in [0.3, 0.4) is 0 Å². The van der Waals surface area contributed by atoms with E-state index in [4.69, 9.17) is 15.2 Å². The summed E-state index contributed by atoms with van der Waals surface area (Å²) in [5.41, 5.74) is 6.54. The average Bonchev–Trinajstić information content (AvgIpc) is 2.76. The number of thiazole rings is 1. The number of nitrogen functional groups attached to an aromatic ring is 1. The summed E-state index contributed by atoms with van der Waals surface area (Å²) in [7, 11) is 0. The Morgan fingerprint density at radius 1 is 1.28 bits per heavy atom. The second-order valence-electron chi connectivity index (χ2n) is 3.68. The summed E-state index contributed by atoms with van der Waals surface area (Å²) in [5.74, 6) is 1.64. The first-order valence-electron chi connectivity index (χ1n) is 5.83. The van der Waals surface area contributed by atoms with E-state index in [0.29, 0.717) is 18.3 Å². The fraction of sp³-hybridized carbons (Fsp3) is 0.308. The smallest absolute Gasteiger partial charge is 0.180 e. The molecule has 0 saturated heterocycles. The Morgan fingerprint density at radius 2 is 2.06 bits per heavy atom. The van der Waals surface area contributed by atoms with Gasteiger partial charge in [-0.1, -0.05) is 6.07 Å². The van der Waals surface area contributed by atoms with Gasteiger partial charge in [-0.05, 0) is 19.1 Å². The number of benzene rings is 1. The quantitative estimate of drug-likeness (QED) is 0.871. The van der Waals surface area contributed by atoms with Crippen molar-refractivity contribution in [1.29, 1.82) is 0 Å². The first kappa shape index (κ1) is 12.7. The third-order valence-corrected chi connectivity index (χ3v) is 3.04. The second kappa shape index (κ2) is 6.26. The Morgan fingerprint density at radius 3 is 2.72 bits per heavy atom. The van der Waals surface area contributed by atoms with Gasteiger partial charge in [0.15, 0.2) is 5.13 Å². The van der Waals surface area contributed by atoms with Crippen LogP contribution >= 0.6 is 11.3 Å². The Labute approximate surface area is 110 Å². The lowest BCUT2D eigenvalue weighted by Crippen LogP contribution is -2.02. The van der Waals surface area contributed by atoms with Crippen LogP contribution in [-0.2, 0) is 6.42 Å². The fourth-order valence-electron chi connectivity index (χ4n) is 1.53. The summed E-state index contributed by atoms with van der Waals surface area (Å²) in [6.07, 6.45) is 0.757. The van der Waals surface area contributed by atoms with Crippen molar-refractivity contribution in [3.8, 4) is 11.5 Å². The predicted molar refractivity (Wildman–Crippen MR) is 73.3 cm³/mol. The Kier molecular flexibility index (Phi) is 4.41. The van der Waals surface area contributed by atoms with Crippen LogP contribution in [0.25, 0.3) is 0 Å². The molecular weight excluding hydrogens is 248 g/mol. The summed E-state index contributed by atoms with van der Waals surface area (Å²) in [5, 5.41) is 2.55. The maximum absolute atomic E-state index is 5.65. The molecule has 0 saturated carbocycles. The van der Waals surface area contributed by atoms with E-state index in [1.165, 1.54) is 11.3 Å². The molecule has 1 aromatic carbocycles. The van der Waals surface area contributed by atoms with Crippen LogP contribution in [0, 0.1) is 0 Å². The molecule has 96 valence electrons. The van der Waals surface area contributed by atoms with Crippen LogP contribution in [0.15, 0.2) is 29.6 Å². The Balaban J connectivity index is 1.84. The molecule has 4 nitrogen and oxygen atoms in total. The molecule has 0 amide bonds. The monoisotopic (exact) mass is 264 g/mol. The number of nitrogens with zero attached hydrogens (tertiary/aromatic N) is 1. The maximum atomic E-state index is 5.65. The highest BCUT2D eigenvalue weighted by atomic mass is 32.1. The number of anilines is 1. The van der Waals surface area contributed by atoms with Crippen molar-refractivity contribution in [3.63, 3.8) is 0 Å². The normalized spacial score (nSPS) is 10.3. The Bertz CT molecular complexity index is 499. The second-order valence-corrected chi connectivity index (χ2v) is 4.57. The molecule has 5 heteroatoms. The van der Waals surface area contributed by atoms with Gasteiger partial charge >= 0.3 is 0 Å². The topological polar surface area (TPSA) is 57.4 Å². The van der Waals surface area contributed by atoms with E-state index in [2.05, 4.69) is 4.98 Å². The fourth-order valence-corrected chi connectivity index (χ4v) is 2.13. The molecule has 0 spiro atoms. The number of aromatic nitrogens is 1. The van der Waals surface area contributed by atoms with Gasteiger partial charge in [-0.2, -0.15) is 0 Å². The van der Waals surface area contributed by atoms with Gasteiger partial charge in [0.25, 0.3) is 0 Å². The zero-order valence-corrected chi connectivity index (χ0v) is 11.1. The number of hydrogen-bond donors (Lipinski definition) is 1. The molecule has 1 aromatic heterocycles. The van der Waals surface area contributed by atoms with E-state index in [0.717, 1.165) is 23.6 Å². The maximum Gasteiger partial charge on any atom is 0.180 e. The number of nitrogens with two attached hydrogens (primary N) is 1. The number of rotatable bonds is 6. The van der Waals surface area contributed by atoms with E-state index < -0.39 is 0 Å². The van der Waals surface area contributed by atoms with E-state index >= 15 is 0 Å². The van der Waals surface area contributed by atoms with Crippen molar-refractivity contribution < 1.29 is 9.47 Å². The molecule has 2 rings (SSSR count). The highest BCUT2D eigenvalue weighted by Crippen LogP contribution is 2.19. The minimum atomic E-state index is 0.582. The van der Waals surface area contributed by atoms with Crippen molar-refractivity contribution in [2.45, 2.75) is 13.3 Å². The van der Waals surface area contributed by atoms with E-state index in [9.17, 15) is 0 Å². The highest BCUT2D eigenvalue weighted by molar-refractivity contribution is 7.13. The third kappa shape index (κ3) is 3.63. The molecule has 1 heterocycles. The lowest BCUT2D eigenvalue weighted by molar-refractivity contribution is 0.311. The summed E-state index contributed by atoms with van der Waals surface area (Å²) in [6, 6.07) is 7.63. The van der Waals surface area contributed by atoms with Crippen LogP contribution in [0.4, 0.5) is 5.13 Å². The van der Waals surface area contributed by atoms with Crippen molar-refractivity contribution in [2.75, 3.05) is 18.9 Å². The zero-order valence-electron chi connectivity index (χ0n) is 10.3. The van der Waals surface area contributed by atoms with E-state index in [1.54, 1.807) is 0 Å². The van der Waals surface area contributed by atoms with E-state index in [-0.39, 0.29) is 0 Å². The summed E-state index contributed by atoms with van der Waals surface area (Å²) >= 11 is 1.45. The molecule has 2 N–H and O–H groups in total. The van der Waals surface area contributed by atoms with Crippen LogP contribution in [-0.4, -0.2) is 18.2 Å². The first-order valence-corrected chi connectivity index (χ1v) is 6.71. The van der Waals surface area contributed by atoms with Crippen LogP contribution in [0.2, 0.25) is 0 Å². The molecule has 0 aliphatic heterocycles. The third-order valence-electron chi connectivity index (χ3n) is 2.31. The van der Waals surface area contributed by atoms with Gasteiger partial charge in [0.1, 0.15) is 11.5 Å². The van der Waals surface area contributed by atoms with Gasteiger partial charge < -0.3 is 15.2 Å². The number of hydrogen-bond acceptors (Lipinski definition) is 5. The van der Waals surface area contributed by atoms with Gasteiger partial charge in [0, 0.05) is 17.9 Å². The van der Waals surface area contributed by atoms with Gasteiger partial charge in [-0.25, -0.2) is 4.98 Å². The Hall–Kier alpha value is -1.75. The minimum Gasteiger partial charge on any atom is -0.494 e. The van der Waals surface area contributed by atoms with Crippen LogP contribution in [0.5, 0.6) is 11.5 Å². The minimum absolute atomic E-state index is 0.582. The van der Waals surface area contributed by atoms with Gasteiger partial charge in [0.05, 0.1) is 18.9 Å². The first-order chi connectivity index (χ1) is 8.78. The highest BCUT2D eigenvalue weighted by Gasteiger charge is 2.01. The molecular formula is C13H16N2O2S. The van der Waals surface area contributed by atoms with Gasteiger partial charge in [0.2, 0.25) is 0 Å². The van der Waals surface area contributed by atoms with Gasteiger partial charge in [-0.15, -0.1) is 11.3 Å². The molecule has 0 radical (unpaired) electrons. The van der Waals surface area contributed by atoms with Crippen LogP contribution in [0.1, 0.15) is 12.6 Å². The number of ether oxygens (including phenoxy) is 2. The van der Waals surface area contributed by atoms with E-state index in [1.807, 2.05) is 36.6 Å². The van der Waals surface area contributed by atoms with Crippen molar-refractivity contribution >= 4 is 16.5 Å². The standard InChI is InChI=1S/C13H16N2O2S/c1-2-16-11-4-3-5-12(8-11)17-7-6-10-9-18-13(14)15-10/h3-5,8-9H,2,6-7H2,1H3,(H2,14,15). The average molecular weight is 264 g/mol. The molecule has 0 aliphatic carbocycles. The summed E-state index contributed by atoms with van der Waals surface area (Å²) in [4.78, 5) is 4.18. The lowest BCUT2D eigenvalue weighted by Gasteiger charge is -2.07. The molecule has 0 atom stereocenters. The summed E-state index contributed by atoms with van der Waals surface area (Å²) in [6.45, 7) is 3.19. The molecule has 0 unspecified atom stereocenters. The summed E-state index contributed by atoms with van der Waals surface area (Å²) < 4.78 is 11.1. The SMILES string of the molecule is CCOc1cccc(OCCc2csc(N)n2)c1. The lowest BCUT2D eigenvalue weighted by atomic mass is 10.3. The molecule has 0 aliphatic rings. The molecule has 0 fully saturated rings. The largest absolute Gasteiger partial charge is 0.494 e. The van der Waals surface area contributed by atoms with Crippen molar-refractivity contribution in [1.82, 2.24) is 4.98 Å². The molecule has 0 bridgehead atoms. The van der Waals surface area contributed by atoms with Crippen molar-refractivity contribution in [2.24, 2.45) is 0 Å². The predicted octanol–water partition coefficient (Wildman–Crippen LogP) is 2.75. The molecule has 2 aromatic rings. The van der Waals surface area contributed by atoms with Crippen LogP contribution < -0.4 is 15.2 Å².